The molecule has 4 N–H and O–H groups in total. The van der Waals surface area contributed by atoms with Gasteiger partial charge in [-0.2, -0.15) is 0 Å². The first kappa shape index (κ1) is 12.9. The molecule has 1 aliphatic rings. The van der Waals surface area contributed by atoms with Crippen LogP contribution in [0.2, 0.25) is 0 Å². The molecule has 0 bridgehead atoms. The topological polar surface area (TPSA) is 102 Å². The summed E-state index contributed by atoms with van der Waals surface area (Å²) in [6.45, 7) is 4.03. The van der Waals surface area contributed by atoms with Gasteiger partial charge < -0.3 is 20.9 Å². The molecule has 1 saturated heterocycles. The summed E-state index contributed by atoms with van der Waals surface area (Å²) in [6.07, 6.45) is 0.273. The summed E-state index contributed by atoms with van der Waals surface area (Å²) in [7, 11) is 0. The van der Waals surface area contributed by atoms with Gasteiger partial charge in [-0.1, -0.05) is 0 Å². The fourth-order valence-corrected chi connectivity index (χ4v) is 1.50. The highest BCUT2D eigenvalue weighted by Crippen LogP contribution is 2.19. The van der Waals surface area contributed by atoms with Crippen LogP contribution in [-0.2, 0) is 14.3 Å². The van der Waals surface area contributed by atoms with Crippen LogP contribution in [0.4, 0.5) is 0 Å². The van der Waals surface area contributed by atoms with Gasteiger partial charge >= 0.3 is 11.9 Å². The molecule has 16 heavy (non-hydrogen) atoms. The summed E-state index contributed by atoms with van der Waals surface area (Å²) in [4.78, 5) is 22.4. The molecule has 0 aromatic carbocycles. The van der Waals surface area contributed by atoms with Gasteiger partial charge in [0.05, 0.1) is 5.92 Å². The van der Waals surface area contributed by atoms with E-state index in [2.05, 4.69) is 5.32 Å². The lowest BCUT2D eigenvalue weighted by molar-refractivity contribution is -0.160. The van der Waals surface area contributed by atoms with Gasteiger partial charge in [0.15, 0.2) is 0 Å². The molecular formula is C10H18N2O4. The van der Waals surface area contributed by atoms with E-state index < -0.39 is 23.5 Å². The van der Waals surface area contributed by atoms with Crippen molar-refractivity contribution in [2.24, 2.45) is 11.7 Å². The zero-order valence-electron chi connectivity index (χ0n) is 9.53. The third kappa shape index (κ3) is 3.18. The van der Waals surface area contributed by atoms with Crippen LogP contribution in [0.25, 0.3) is 0 Å². The maximum atomic E-state index is 11.7. The number of carboxylic acids is 1. The molecule has 0 aromatic heterocycles. The van der Waals surface area contributed by atoms with Crippen molar-refractivity contribution in [2.75, 3.05) is 13.1 Å². The lowest BCUT2D eigenvalue weighted by atomic mass is 10.1. The van der Waals surface area contributed by atoms with Crippen LogP contribution in [0.5, 0.6) is 0 Å². The van der Waals surface area contributed by atoms with Crippen LogP contribution in [0.1, 0.15) is 20.3 Å². The third-order valence-corrected chi connectivity index (χ3v) is 2.63. The lowest BCUT2D eigenvalue weighted by Gasteiger charge is -2.24. The van der Waals surface area contributed by atoms with Crippen molar-refractivity contribution >= 4 is 11.9 Å². The number of aliphatic carboxylic acids is 1. The monoisotopic (exact) mass is 230 g/mol. The van der Waals surface area contributed by atoms with Gasteiger partial charge in [-0.3, -0.25) is 9.59 Å². The maximum Gasteiger partial charge on any atom is 0.320 e. The number of hydrogen-bond donors (Lipinski definition) is 3. The van der Waals surface area contributed by atoms with E-state index in [0.29, 0.717) is 6.54 Å². The molecule has 0 radical (unpaired) electrons. The number of esters is 1. The van der Waals surface area contributed by atoms with E-state index in [1.165, 1.54) is 0 Å². The fourth-order valence-electron chi connectivity index (χ4n) is 1.50. The van der Waals surface area contributed by atoms with Crippen LogP contribution >= 0.6 is 0 Å². The first-order valence-corrected chi connectivity index (χ1v) is 5.25. The molecule has 1 aliphatic heterocycles. The van der Waals surface area contributed by atoms with E-state index in [1.807, 2.05) is 0 Å². The van der Waals surface area contributed by atoms with E-state index >= 15 is 0 Å². The number of ether oxygens (including phenoxy) is 1. The van der Waals surface area contributed by atoms with Crippen LogP contribution in [-0.4, -0.2) is 41.8 Å². The first-order valence-electron chi connectivity index (χ1n) is 5.25. The minimum absolute atomic E-state index is 0.237. The predicted molar refractivity (Wildman–Crippen MR) is 56.8 cm³/mol. The molecule has 6 nitrogen and oxygen atoms in total. The van der Waals surface area contributed by atoms with Crippen molar-refractivity contribution < 1.29 is 19.4 Å². The first-order chi connectivity index (χ1) is 7.35. The number of nitrogens with two attached hydrogens (primary N) is 1. The van der Waals surface area contributed by atoms with Crippen molar-refractivity contribution in [3.63, 3.8) is 0 Å². The molecule has 92 valence electrons. The largest absolute Gasteiger partial charge is 0.480 e. The van der Waals surface area contributed by atoms with E-state index in [0.717, 1.165) is 0 Å². The van der Waals surface area contributed by atoms with Gasteiger partial charge in [-0.15, -0.1) is 0 Å². The molecule has 0 aliphatic carbocycles. The van der Waals surface area contributed by atoms with E-state index in [9.17, 15) is 9.59 Å². The summed E-state index contributed by atoms with van der Waals surface area (Å²) >= 11 is 0. The van der Waals surface area contributed by atoms with Crippen LogP contribution < -0.4 is 11.1 Å². The van der Waals surface area contributed by atoms with Gasteiger partial charge in [0.25, 0.3) is 0 Å². The number of carboxylic acid groups (broad SMARTS) is 1. The average Bonchev–Trinajstić information content (AvgIpc) is 2.66. The van der Waals surface area contributed by atoms with E-state index in [-0.39, 0.29) is 18.9 Å². The summed E-state index contributed by atoms with van der Waals surface area (Å²) in [6, 6.07) is -0.654. The highest BCUT2D eigenvalue weighted by atomic mass is 16.6. The zero-order valence-corrected chi connectivity index (χ0v) is 9.53. The minimum Gasteiger partial charge on any atom is -0.480 e. The molecule has 2 atom stereocenters. The molecular weight excluding hydrogens is 212 g/mol. The molecule has 0 saturated carbocycles. The maximum absolute atomic E-state index is 11.7. The third-order valence-electron chi connectivity index (χ3n) is 2.63. The van der Waals surface area contributed by atoms with Crippen molar-refractivity contribution in [3.8, 4) is 0 Å². The molecule has 0 spiro atoms. The van der Waals surface area contributed by atoms with Gasteiger partial charge in [-0.05, 0) is 20.3 Å². The number of carbonyl (C=O) groups is 2. The Labute approximate surface area is 94.1 Å². The Kier molecular flexibility index (Phi) is 3.88. The SMILES string of the molecule is CC(C)(CN)OC(=O)C1CNC(C(=O)O)C1. The Morgan fingerprint density at radius 2 is 2.19 bits per heavy atom. The van der Waals surface area contributed by atoms with E-state index in [1.54, 1.807) is 13.8 Å². The molecule has 1 heterocycles. The normalized spacial score (nSPS) is 25.4. The Morgan fingerprint density at radius 3 is 2.62 bits per heavy atom. The van der Waals surface area contributed by atoms with E-state index in [4.69, 9.17) is 15.6 Å². The second kappa shape index (κ2) is 4.80. The van der Waals surface area contributed by atoms with Gasteiger partial charge in [0, 0.05) is 13.1 Å². The number of hydrogen-bond acceptors (Lipinski definition) is 5. The molecule has 0 aromatic rings. The molecule has 1 rings (SSSR count). The highest BCUT2D eigenvalue weighted by Gasteiger charge is 2.36. The van der Waals surface area contributed by atoms with Crippen LogP contribution in [0.3, 0.4) is 0 Å². The zero-order chi connectivity index (χ0) is 12.3. The highest BCUT2D eigenvalue weighted by molar-refractivity contribution is 5.78. The van der Waals surface area contributed by atoms with Gasteiger partial charge in [0.2, 0.25) is 0 Å². The Hall–Kier alpha value is -1.14. The molecule has 0 amide bonds. The second-order valence-corrected chi connectivity index (χ2v) is 4.62. The fraction of sp³-hybridized carbons (Fsp3) is 0.800. The Morgan fingerprint density at radius 1 is 1.56 bits per heavy atom. The molecule has 2 unspecified atom stereocenters. The number of rotatable bonds is 4. The van der Waals surface area contributed by atoms with Crippen molar-refractivity contribution in [1.82, 2.24) is 5.32 Å². The van der Waals surface area contributed by atoms with Crippen molar-refractivity contribution in [1.29, 1.82) is 0 Å². The Balaban J connectivity index is 2.48. The van der Waals surface area contributed by atoms with Crippen molar-refractivity contribution in [3.05, 3.63) is 0 Å². The van der Waals surface area contributed by atoms with Gasteiger partial charge in [0.1, 0.15) is 11.6 Å². The predicted octanol–water partition coefficient (Wildman–Crippen LogP) is -0.670. The second-order valence-electron chi connectivity index (χ2n) is 4.62. The number of nitrogens with one attached hydrogen (secondary N) is 1. The standard InChI is InChI=1S/C10H18N2O4/c1-10(2,5-11)16-9(15)6-3-7(8(13)14)12-4-6/h6-7,12H,3-5,11H2,1-2H3,(H,13,14). The molecule has 6 heteroatoms. The summed E-state index contributed by atoms with van der Waals surface area (Å²) in [5.74, 6) is -1.72. The lowest BCUT2D eigenvalue weighted by Crippen LogP contribution is -2.38. The number of carbonyl (C=O) groups excluding carboxylic acids is 1. The smallest absolute Gasteiger partial charge is 0.320 e. The summed E-state index contributed by atoms with van der Waals surface area (Å²) in [5, 5.41) is 11.5. The minimum atomic E-state index is -0.937. The summed E-state index contributed by atoms with van der Waals surface area (Å²) in [5.41, 5.74) is 4.75. The van der Waals surface area contributed by atoms with Crippen molar-refractivity contribution in [2.45, 2.75) is 31.9 Å². The van der Waals surface area contributed by atoms with Crippen LogP contribution in [0.15, 0.2) is 0 Å². The van der Waals surface area contributed by atoms with Crippen LogP contribution in [0, 0.1) is 5.92 Å². The average molecular weight is 230 g/mol. The Bertz CT molecular complexity index is 291. The molecule has 1 fully saturated rings. The van der Waals surface area contributed by atoms with Gasteiger partial charge in [-0.25, -0.2) is 0 Å². The summed E-state index contributed by atoms with van der Waals surface area (Å²) < 4.78 is 5.20. The quantitative estimate of drug-likeness (QED) is 0.554.